The van der Waals surface area contributed by atoms with Crippen LogP contribution in [0.15, 0.2) is 48.5 Å². The molecule has 0 bridgehead atoms. The second-order valence-electron chi connectivity index (χ2n) is 6.48. The molecule has 3 rings (SSSR count). The summed E-state index contributed by atoms with van der Waals surface area (Å²) < 4.78 is 11.3. The normalized spacial score (nSPS) is 15.4. The van der Waals surface area contributed by atoms with Gasteiger partial charge in [-0.25, -0.2) is 0 Å². The summed E-state index contributed by atoms with van der Waals surface area (Å²) in [6.07, 6.45) is 2.28. The van der Waals surface area contributed by atoms with Gasteiger partial charge in [0.15, 0.2) is 0 Å². The minimum atomic E-state index is 0.624. The predicted octanol–water partition coefficient (Wildman–Crippen LogP) is 3.84. The zero-order valence-corrected chi connectivity index (χ0v) is 14.5. The largest absolute Gasteiger partial charge is 0.489 e. The van der Waals surface area contributed by atoms with Crippen LogP contribution in [-0.4, -0.2) is 37.7 Å². The van der Waals surface area contributed by atoms with Crippen LogP contribution in [0.5, 0.6) is 5.75 Å². The predicted molar refractivity (Wildman–Crippen MR) is 97.5 cm³/mol. The van der Waals surface area contributed by atoms with Crippen LogP contribution in [0.4, 0.5) is 0 Å². The highest BCUT2D eigenvalue weighted by atomic mass is 16.5. The van der Waals surface area contributed by atoms with Crippen molar-refractivity contribution in [1.29, 1.82) is 0 Å². The van der Waals surface area contributed by atoms with E-state index in [0.29, 0.717) is 6.61 Å². The zero-order valence-electron chi connectivity index (χ0n) is 14.5. The highest BCUT2D eigenvalue weighted by molar-refractivity contribution is 5.29. The van der Waals surface area contributed by atoms with Gasteiger partial charge in [0.1, 0.15) is 12.4 Å². The molecule has 1 aliphatic heterocycles. The molecule has 1 aliphatic rings. The van der Waals surface area contributed by atoms with E-state index in [1.165, 1.54) is 23.1 Å². The lowest BCUT2D eigenvalue weighted by molar-refractivity contribution is 0.0374. The highest BCUT2D eigenvalue weighted by Gasteiger charge is 2.09. The van der Waals surface area contributed by atoms with Crippen molar-refractivity contribution < 1.29 is 9.47 Å². The first-order chi connectivity index (χ1) is 11.8. The lowest BCUT2D eigenvalue weighted by atomic mass is 10.1. The second-order valence-corrected chi connectivity index (χ2v) is 6.48. The average Bonchev–Trinajstić information content (AvgIpc) is 2.61. The van der Waals surface area contributed by atoms with Gasteiger partial charge < -0.3 is 9.47 Å². The topological polar surface area (TPSA) is 21.7 Å². The van der Waals surface area contributed by atoms with Gasteiger partial charge in [-0.1, -0.05) is 42.0 Å². The van der Waals surface area contributed by atoms with Crippen molar-refractivity contribution in [3.8, 4) is 5.75 Å². The zero-order chi connectivity index (χ0) is 16.6. The van der Waals surface area contributed by atoms with Gasteiger partial charge in [-0.2, -0.15) is 0 Å². The Bertz CT molecular complexity index is 635. The molecule has 1 fully saturated rings. The molecule has 0 saturated carbocycles. The van der Waals surface area contributed by atoms with Crippen LogP contribution in [0.2, 0.25) is 0 Å². The molecule has 0 amide bonds. The third kappa shape index (κ3) is 5.36. The fourth-order valence-electron chi connectivity index (χ4n) is 3.09. The summed E-state index contributed by atoms with van der Waals surface area (Å²) in [6.45, 7) is 7.78. The summed E-state index contributed by atoms with van der Waals surface area (Å²) in [5.74, 6) is 0.959. The van der Waals surface area contributed by atoms with Gasteiger partial charge in [0, 0.05) is 13.1 Å². The van der Waals surface area contributed by atoms with Crippen LogP contribution < -0.4 is 4.74 Å². The van der Waals surface area contributed by atoms with Crippen molar-refractivity contribution in [3.63, 3.8) is 0 Å². The van der Waals surface area contributed by atoms with Crippen LogP contribution in [0.1, 0.15) is 23.1 Å². The van der Waals surface area contributed by atoms with E-state index in [1.807, 2.05) is 6.07 Å². The van der Waals surface area contributed by atoms with Gasteiger partial charge in [-0.05, 0) is 49.6 Å². The van der Waals surface area contributed by atoms with E-state index in [9.17, 15) is 0 Å². The molecule has 3 nitrogen and oxygen atoms in total. The quantitative estimate of drug-likeness (QED) is 0.772. The second kappa shape index (κ2) is 8.86. The maximum atomic E-state index is 5.96. The Kier molecular flexibility index (Phi) is 6.27. The minimum Gasteiger partial charge on any atom is -0.489 e. The number of nitrogens with zero attached hydrogens (tertiary/aromatic N) is 1. The van der Waals surface area contributed by atoms with Crippen molar-refractivity contribution >= 4 is 0 Å². The number of hydrogen-bond acceptors (Lipinski definition) is 3. The minimum absolute atomic E-state index is 0.624. The van der Waals surface area contributed by atoms with Crippen LogP contribution in [0.3, 0.4) is 0 Å². The molecule has 1 saturated heterocycles. The van der Waals surface area contributed by atoms with E-state index in [1.54, 1.807) is 0 Å². The summed E-state index contributed by atoms with van der Waals surface area (Å²) in [4.78, 5) is 2.49. The van der Waals surface area contributed by atoms with E-state index in [-0.39, 0.29) is 0 Å². The van der Waals surface area contributed by atoms with E-state index in [4.69, 9.17) is 9.47 Å². The molecule has 0 spiro atoms. The van der Waals surface area contributed by atoms with E-state index in [0.717, 1.165) is 45.0 Å². The van der Waals surface area contributed by atoms with Crippen LogP contribution in [0.25, 0.3) is 0 Å². The molecule has 0 unspecified atom stereocenters. The summed E-state index contributed by atoms with van der Waals surface area (Å²) in [7, 11) is 0. The lowest BCUT2D eigenvalue weighted by Crippen LogP contribution is -2.36. The van der Waals surface area contributed by atoms with Gasteiger partial charge >= 0.3 is 0 Å². The molecule has 2 aromatic carbocycles. The van der Waals surface area contributed by atoms with Crippen molar-refractivity contribution in [2.24, 2.45) is 0 Å². The van der Waals surface area contributed by atoms with Crippen molar-refractivity contribution in [2.75, 3.05) is 32.8 Å². The molecule has 0 radical (unpaired) electrons. The van der Waals surface area contributed by atoms with Gasteiger partial charge in [0.2, 0.25) is 0 Å². The van der Waals surface area contributed by atoms with Crippen molar-refractivity contribution in [1.82, 2.24) is 4.90 Å². The van der Waals surface area contributed by atoms with Gasteiger partial charge in [0.05, 0.1) is 13.2 Å². The summed E-state index contributed by atoms with van der Waals surface area (Å²) in [5.41, 5.74) is 3.84. The number of rotatable bonds is 7. The molecular weight excluding hydrogens is 298 g/mol. The Labute approximate surface area is 145 Å². The Morgan fingerprint density at radius 1 is 1.00 bits per heavy atom. The molecule has 24 heavy (non-hydrogen) atoms. The lowest BCUT2D eigenvalue weighted by Gasteiger charge is -2.26. The molecule has 3 heteroatoms. The first kappa shape index (κ1) is 17.0. The Morgan fingerprint density at radius 3 is 2.62 bits per heavy atom. The number of morpholine rings is 1. The number of benzene rings is 2. The Hall–Kier alpha value is -1.84. The maximum Gasteiger partial charge on any atom is 0.120 e. The van der Waals surface area contributed by atoms with Gasteiger partial charge in [-0.15, -0.1) is 0 Å². The smallest absolute Gasteiger partial charge is 0.120 e. The van der Waals surface area contributed by atoms with Crippen LogP contribution >= 0.6 is 0 Å². The summed E-state index contributed by atoms with van der Waals surface area (Å²) >= 11 is 0. The SMILES string of the molecule is Cc1cccc(COc2cccc(CCCN3CCOCC3)c2)c1. The standard InChI is InChI=1S/C21H27NO2/c1-18-5-2-7-20(15-18)17-24-21-9-3-6-19(16-21)8-4-10-22-11-13-23-14-12-22/h2-3,5-7,9,15-16H,4,8,10-14,17H2,1H3. The molecule has 0 N–H and O–H groups in total. The number of ether oxygens (including phenoxy) is 2. The monoisotopic (exact) mass is 325 g/mol. The Morgan fingerprint density at radius 2 is 1.79 bits per heavy atom. The molecule has 1 heterocycles. The number of hydrogen-bond donors (Lipinski definition) is 0. The van der Waals surface area contributed by atoms with Crippen LogP contribution in [0, 0.1) is 6.92 Å². The third-order valence-electron chi connectivity index (χ3n) is 4.43. The first-order valence-electron chi connectivity index (χ1n) is 8.87. The van der Waals surface area contributed by atoms with Crippen LogP contribution in [-0.2, 0) is 17.8 Å². The average molecular weight is 325 g/mol. The summed E-state index contributed by atoms with van der Waals surface area (Å²) in [6, 6.07) is 17.0. The Balaban J connectivity index is 1.46. The highest BCUT2D eigenvalue weighted by Crippen LogP contribution is 2.17. The van der Waals surface area contributed by atoms with E-state index >= 15 is 0 Å². The van der Waals surface area contributed by atoms with Crippen molar-refractivity contribution in [3.05, 3.63) is 65.2 Å². The number of aryl methyl sites for hydroxylation is 2. The molecule has 128 valence electrons. The molecule has 0 aromatic heterocycles. The first-order valence-corrected chi connectivity index (χ1v) is 8.87. The fourth-order valence-corrected chi connectivity index (χ4v) is 3.09. The third-order valence-corrected chi connectivity index (χ3v) is 4.43. The van der Waals surface area contributed by atoms with E-state index in [2.05, 4.69) is 54.3 Å². The molecule has 0 aliphatic carbocycles. The summed E-state index contributed by atoms with van der Waals surface area (Å²) in [5, 5.41) is 0. The molecule has 0 atom stereocenters. The van der Waals surface area contributed by atoms with Gasteiger partial charge in [-0.3, -0.25) is 4.90 Å². The van der Waals surface area contributed by atoms with E-state index < -0.39 is 0 Å². The van der Waals surface area contributed by atoms with Crippen molar-refractivity contribution in [2.45, 2.75) is 26.4 Å². The molecule has 2 aromatic rings. The maximum absolute atomic E-state index is 5.96. The molecular formula is C21H27NO2. The van der Waals surface area contributed by atoms with Gasteiger partial charge in [0.25, 0.3) is 0 Å². The fraction of sp³-hybridized carbons (Fsp3) is 0.429.